The molecular weight excluding hydrogens is 216 g/mol. The molecule has 0 aromatic heterocycles. The first kappa shape index (κ1) is 11.8. The molecule has 1 saturated heterocycles. The molecule has 2 rings (SSSR count). The summed E-state index contributed by atoms with van der Waals surface area (Å²) in [5, 5.41) is 0. The van der Waals surface area contributed by atoms with E-state index >= 15 is 0 Å². The van der Waals surface area contributed by atoms with Crippen LogP contribution in [-0.2, 0) is 4.79 Å². The summed E-state index contributed by atoms with van der Waals surface area (Å²) >= 11 is 0. The Morgan fingerprint density at radius 1 is 1.41 bits per heavy atom. The zero-order valence-electron chi connectivity index (χ0n) is 10.1. The van der Waals surface area contributed by atoms with E-state index in [0.29, 0.717) is 0 Å². The van der Waals surface area contributed by atoms with E-state index in [1.807, 2.05) is 18.2 Å². The molecule has 17 heavy (non-hydrogen) atoms. The molecule has 0 unspecified atom stereocenters. The van der Waals surface area contributed by atoms with Crippen LogP contribution in [0.25, 0.3) is 0 Å². The standard InChI is InChI=1S/C13H18N2O2/c1-17-11-2-3-13(12(14)8-11)15-6-4-10(9-16)5-7-15/h2-3,8-10H,4-7,14H2,1H3. The highest BCUT2D eigenvalue weighted by Gasteiger charge is 2.20. The van der Waals surface area contributed by atoms with E-state index in [0.717, 1.165) is 49.3 Å². The highest BCUT2D eigenvalue weighted by atomic mass is 16.5. The predicted octanol–water partition coefficient (Wildman–Crippen LogP) is 1.69. The zero-order chi connectivity index (χ0) is 12.3. The monoisotopic (exact) mass is 234 g/mol. The number of nitrogens with zero attached hydrogens (tertiary/aromatic N) is 1. The molecule has 1 fully saturated rings. The maximum absolute atomic E-state index is 10.7. The molecule has 0 aliphatic carbocycles. The summed E-state index contributed by atoms with van der Waals surface area (Å²) in [5.74, 6) is 0.986. The normalized spacial score (nSPS) is 16.9. The lowest BCUT2D eigenvalue weighted by Gasteiger charge is -2.32. The van der Waals surface area contributed by atoms with Crippen LogP contribution in [0.5, 0.6) is 5.75 Å². The van der Waals surface area contributed by atoms with Crippen molar-refractivity contribution >= 4 is 17.7 Å². The number of aldehydes is 1. The van der Waals surface area contributed by atoms with Gasteiger partial charge in [0.15, 0.2) is 0 Å². The number of methoxy groups -OCH3 is 1. The third-order valence-corrected chi connectivity index (χ3v) is 3.31. The average molecular weight is 234 g/mol. The first-order valence-electron chi connectivity index (χ1n) is 5.88. The minimum atomic E-state index is 0.214. The van der Waals surface area contributed by atoms with Crippen LogP contribution in [0.1, 0.15) is 12.8 Å². The Labute approximate surface area is 101 Å². The lowest BCUT2D eigenvalue weighted by Crippen LogP contribution is -2.34. The molecule has 0 spiro atoms. The molecule has 0 radical (unpaired) electrons. The van der Waals surface area contributed by atoms with Gasteiger partial charge in [-0.1, -0.05) is 0 Å². The van der Waals surface area contributed by atoms with Crippen molar-refractivity contribution in [2.45, 2.75) is 12.8 Å². The van der Waals surface area contributed by atoms with Gasteiger partial charge in [0, 0.05) is 25.1 Å². The van der Waals surface area contributed by atoms with Gasteiger partial charge in [0.25, 0.3) is 0 Å². The van der Waals surface area contributed by atoms with Gasteiger partial charge in [-0.3, -0.25) is 0 Å². The van der Waals surface area contributed by atoms with Gasteiger partial charge in [0.1, 0.15) is 12.0 Å². The minimum absolute atomic E-state index is 0.214. The van der Waals surface area contributed by atoms with Crippen LogP contribution in [0.2, 0.25) is 0 Å². The molecule has 1 heterocycles. The number of hydrogen-bond acceptors (Lipinski definition) is 4. The van der Waals surface area contributed by atoms with Gasteiger partial charge in [-0.2, -0.15) is 0 Å². The van der Waals surface area contributed by atoms with E-state index in [9.17, 15) is 4.79 Å². The molecule has 0 amide bonds. The Morgan fingerprint density at radius 3 is 2.65 bits per heavy atom. The van der Waals surface area contributed by atoms with Gasteiger partial charge in [0.05, 0.1) is 18.5 Å². The molecule has 92 valence electrons. The molecule has 1 aliphatic heterocycles. The van der Waals surface area contributed by atoms with Gasteiger partial charge in [0.2, 0.25) is 0 Å². The highest BCUT2D eigenvalue weighted by Crippen LogP contribution is 2.30. The quantitative estimate of drug-likeness (QED) is 0.638. The maximum Gasteiger partial charge on any atom is 0.123 e. The second-order valence-electron chi connectivity index (χ2n) is 4.39. The third kappa shape index (κ3) is 2.52. The maximum atomic E-state index is 10.7. The fourth-order valence-corrected chi connectivity index (χ4v) is 2.22. The minimum Gasteiger partial charge on any atom is -0.497 e. The zero-order valence-corrected chi connectivity index (χ0v) is 10.1. The first-order chi connectivity index (χ1) is 8.24. The smallest absolute Gasteiger partial charge is 0.123 e. The number of benzene rings is 1. The van der Waals surface area contributed by atoms with E-state index in [-0.39, 0.29) is 5.92 Å². The van der Waals surface area contributed by atoms with E-state index in [2.05, 4.69) is 4.90 Å². The molecule has 1 aliphatic rings. The van der Waals surface area contributed by atoms with Crippen molar-refractivity contribution in [2.24, 2.45) is 5.92 Å². The van der Waals surface area contributed by atoms with Crippen LogP contribution in [0.3, 0.4) is 0 Å². The Morgan fingerprint density at radius 2 is 2.12 bits per heavy atom. The van der Waals surface area contributed by atoms with Crippen LogP contribution in [0, 0.1) is 5.92 Å². The SMILES string of the molecule is COc1ccc(N2CCC(C=O)CC2)c(N)c1. The molecule has 0 saturated carbocycles. The fourth-order valence-electron chi connectivity index (χ4n) is 2.22. The van der Waals surface area contributed by atoms with Gasteiger partial charge >= 0.3 is 0 Å². The Balaban J connectivity index is 2.10. The molecular formula is C13H18N2O2. The van der Waals surface area contributed by atoms with Gasteiger partial charge in [-0.05, 0) is 25.0 Å². The summed E-state index contributed by atoms with van der Waals surface area (Å²) in [6.45, 7) is 1.78. The Bertz CT molecular complexity index is 398. The number of nitrogen functional groups attached to an aromatic ring is 1. The summed E-state index contributed by atoms with van der Waals surface area (Å²) in [5.41, 5.74) is 7.77. The molecule has 4 nitrogen and oxygen atoms in total. The van der Waals surface area contributed by atoms with Gasteiger partial charge in [-0.15, -0.1) is 0 Å². The molecule has 0 bridgehead atoms. The molecule has 1 aromatic rings. The van der Waals surface area contributed by atoms with Crippen molar-refractivity contribution < 1.29 is 9.53 Å². The van der Waals surface area contributed by atoms with Gasteiger partial charge in [-0.25, -0.2) is 0 Å². The number of carbonyl (C=O) groups excluding carboxylic acids is 1. The second kappa shape index (κ2) is 5.08. The topological polar surface area (TPSA) is 55.6 Å². The summed E-state index contributed by atoms with van der Waals surface area (Å²) in [7, 11) is 1.63. The molecule has 1 aromatic carbocycles. The van der Waals surface area contributed by atoms with Crippen molar-refractivity contribution in [3.8, 4) is 5.75 Å². The number of piperidine rings is 1. The van der Waals surface area contributed by atoms with Crippen LogP contribution in [0.4, 0.5) is 11.4 Å². The first-order valence-corrected chi connectivity index (χ1v) is 5.88. The fraction of sp³-hybridized carbons (Fsp3) is 0.462. The largest absolute Gasteiger partial charge is 0.497 e. The van der Waals surface area contributed by atoms with Crippen molar-refractivity contribution in [1.82, 2.24) is 0 Å². The second-order valence-corrected chi connectivity index (χ2v) is 4.39. The van der Waals surface area contributed by atoms with Crippen molar-refractivity contribution in [3.05, 3.63) is 18.2 Å². The van der Waals surface area contributed by atoms with Gasteiger partial charge < -0.3 is 20.2 Å². The van der Waals surface area contributed by atoms with Crippen molar-refractivity contribution in [3.63, 3.8) is 0 Å². The number of carbonyl (C=O) groups is 1. The third-order valence-electron chi connectivity index (χ3n) is 3.31. The lowest BCUT2D eigenvalue weighted by atomic mass is 9.98. The van der Waals surface area contributed by atoms with Crippen molar-refractivity contribution in [2.75, 3.05) is 30.8 Å². The summed E-state index contributed by atoms with van der Waals surface area (Å²) in [6, 6.07) is 5.73. The number of anilines is 2. The van der Waals surface area contributed by atoms with E-state index in [1.165, 1.54) is 0 Å². The average Bonchev–Trinajstić information content (AvgIpc) is 2.39. The van der Waals surface area contributed by atoms with Crippen LogP contribution < -0.4 is 15.4 Å². The van der Waals surface area contributed by atoms with Crippen molar-refractivity contribution in [1.29, 1.82) is 0 Å². The number of hydrogen-bond donors (Lipinski definition) is 1. The summed E-state index contributed by atoms with van der Waals surface area (Å²) in [6.07, 6.45) is 2.89. The Kier molecular flexibility index (Phi) is 3.52. The van der Waals surface area contributed by atoms with Crippen LogP contribution in [0.15, 0.2) is 18.2 Å². The van der Waals surface area contributed by atoms with E-state index in [4.69, 9.17) is 10.5 Å². The van der Waals surface area contributed by atoms with Crippen LogP contribution >= 0.6 is 0 Å². The summed E-state index contributed by atoms with van der Waals surface area (Å²) in [4.78, 5) is 12.9. The molecule has 0 atom stereocenters. The Hall–Kier alpha value is -1.71. The molecule has 4 heteroatoms. The van der Waals surface area contributed by atoms with Crippen LogP contribution in [-0.4, -0.2) is 26.5 Å². The molecule has 2 N–H and O–H groups in total. The number of ether oxygens (including phenoxy) is 1. The predicted molar refractivity (Wildman–Crippen MR) is 68.4 cm³/mol. The highest BCUT2D eigenvalue weighted by molar-refractivity contribution is 5.70. The number of rotatable bonds is 3. The van der Waals surface area contributed by atoms with E-state index in [1.54, 1.807) is 7.11 Å². The number of nitrogens with two attached hydrogens (primary N) is 1. The van der Waals surface area contributed by atoms with E-state index < -0.39 is 0 Å². The summed E-state index contributed by atoms with van der Waals surface area (Å²) < 4.78 is 5.13. The lowest BCUT2D eigenvalue weighted by molar-refractivity contribution is -0.111.